The van der Waals surface area contributed by atoms with E-state index >= 15 is 0 Å². The van der Waals surface area contributed by atoms with Crippen LogP contribution >= 0.6 is 7.82 Å². The van der Waals surface area contributed by atoms with Gasteiger partial charge in [0.05, 0.1) is 13.2 Å². The van der Waals surface area contributed by atoms with Gasteiger partial charge < -0.3 is 10.8 Å². The van der Waals surface area contributed by atoms with E-state index in [2.05, 4.69) is 17.3 Å². The van der Waals surface area contributed by atoms with Gasteiger partial charge in [0, 0.05) is 0 Å². The number of carboxylic acids is 1. The van der Waals surface area contributed by atoms with Crippen molar-refractivity contribution in [3.8, 4) is 0 Å². The molecule has 0 aliphatic rings. The third-order valence-electron chi connectivity index (χ3n) is 5.01. The molecular weight excluding hydrogens is 456 g/mol. The van der Waals surface area contributed by atoms with Crippen molar-refractivity contribution >= 4 is 13.8 Å². The zero-order valence-corrected chi connectivity index (χ0v) is 24.6. The summed E-state index contributed by atoms with van der Waals surface area (Å²) >= 11 is 0. The number of rotatable bonds is 23. The number of phosphoric ester groups is 1. The quantitative estimate of drug-likeness (QED) is 0.0633. The third-order valence-corrected chi connectivity index (χ3v) is 6.21. The van der Waals surface area contributed by atoms with Crippen LogP contribution in [0.4, 0.5) is 0 Å². The van der Waals surface area contributed by atoms with Crippen molar-refractivity contribution < 1.29 is 68.7 Å². The zero-order chi connectivity index (χ0) is 24.3. The van der Waals surface area contributed by atoms with Gasteiger partial charge in [-0.2, -0.15) is 0 Å². The fourth-order valence-electron chi connectivity index (χ4n) is 3.11. The van der Waals surface area contributed by atoms with Gasteiger partial charge in [-0.15, -0.1) is 4.67 Å². The average Bonchev–Trinajstić information content (AvgIpc) is 2.80. The minimum absolute atomic E-state index is 0. The van der Waals surface area contributed by atoms with E-state index in [1.807, 2.05) is 6.92 Å². The van der Waals surface area contributed by atoms with Gasteiger partial charge in [0.1, 0.15) is 0 Å². The van der Waals surface area contributed by atoms with Crippen LogP contribution in [0.15, 0.2) is 0 Å². The standard InChI is InChI=1S/C21H45O5P.C2H5NO2.Na/c1-3-5-6-7-8-9-10-11-12-13-14-15-16-17-18-19-21-25-27(23,26-22)24-20-4-2;3-1-2(4)5;/h22H,3-21H2,1-2H3;1,3H2,(H,4,5);/q;;+1/p+1. The third kappa shape index (κ3) is 32.5. The van der Waals surface area contributed by atoms with E-state index < -0.39 is 13.8 Å². The molecule has 0 saturated carbocycles. The maximum absolute atomic E-state index is 11.8. The molecule has 0 heterocycles. The SMILES string of the molecule is CCCCCCCCCCCCCCCCCCOP(=O)(OO)OCCC.[NH3+]CC(=O)O.[Na+]. The van der Waals surface area contributed by atoms with Crippen LogP contribution in [0.25, 0.3) is 0 Å². The van der Waals surface area contributed by atoms with Gasteiger partial charge in [-0.1, -0.05) is 110 Å². The largest absolute Gasteiger partial charge is 1.00 e. The molecule has 0 aromatic rings. The van der Waals surface area contributed by atoms with Gasteiger partial charge >= 0.3 is 43.3 Å². The second kappa shape index (κ2) is 30.5. The maximum Gasteiger partial charge on any atom is 1.00 e. The molecule has 0 aliphatic carbocycles. The number of carboxylic acid groups (broad SMARTS) is 1. The van der Waals surface area contributed by atoms with Crippen LogP contribution in [-0.2, 0) is 23.1 Å². The van der Waals surface area contributed by atoms with Crippen LogP contribution in [0, 0.1) is 0 Å². The first kappa shape index (κ1) is 38.0. The van der Waals surface area contributed by atoms with E-state index in [0.717, 1.165) is 12.8 Å². The first-order valence-corrected chi connectivity index (χ1v) is 14.1. The van der Waals surface area contributed by atoms with Gasteiger partial charge in [-0.05, 0) is 12.8 Å². The zero-order valence-electron chi connectivity index (χ0n) is 21.7. The van der Waals surface area contributed by atoms with Crippen LogP contribution in [0.2, 0.25) is 0 Å². The molecule has 1 atom stereocenters. The summed E-state index contributed by atoms with van der Waals surface area (Å²) in [5.74, 6) is -0.856. The van der Waals surface area contributed by atoms with Crippen molar-refractivity contribution in [2.45, 2.75) is 123 Å². The van der Waals surface area contributed by atoms with Crippen molar-refractivity contribution in [2.75, 3.05) is 19.8 Å². The minimum Gasteiger partial charge on any atom is -0.477 e. The fourth-order valence-corrected chi connectivity index (χ4v) is 4.04. The Morgan fingerprint density at radius 1 is 0.697 bits per heavy atom. The monoisotopic (exact) mass is 507 g/mol. The number of hydrogen-bond donors (Lipinski definition) is 3. The van der Waals surface area contributed by atoms with E-state index in [4.69, 9.17) is 19.4 Å². The van der Waals surface area contributed by atoms with Crippen LogP contribution < -0.4 is 35.3 Å². The first-order chi connectivity index (χ1) is 15.5. The molecular formula is C23H51NNaO7P+2. The molecule has 0 aromatic carbocycles. The molecule has 0 saturated heterocycles. The average molecular weight is 508 g/mol. The summed E-state index contributed by atoms with van der Waals surface area (Å²) in [6, 6.07) is 0. The maximum atomic E-state index is 11.8. The van der Waals surface area contributed by atoms with Gasteiger partial charge in [0.25, 0.3) is 0 Å². The molecule has 0 bridgehead atoms. The molecule has 10 heteroatoms. The summed E-state index contributed by atoms with van der Waals surface area (Å²) in [5, 5.41) is 16.3. The number of aliphatic carboxylic acids is 1. The number of unbranched alkanes of at least 4 members (excludes halogenated alkanes) is 15. The van der Waals surface area contributed by atoms with Crippen molar-refractivity contribution in [3.05, 3.63) is 0 Å². The normalized spacial score (nSPS) is 12.4. The summed E-state index contributed by atoms with van der Waals surface area (Å²) in [5.41, 5.74) is 3.09. The van der Waals surface area contributed by atoms with Gasteiger partial charge in [-0.3, -0.25) is 9.05 Å². The van der Waals surface area contributed by atoms with Crippen LogP contribution in [-0.4, -0.2) is 36.1 Å². The summed E-state index contributed by atoms with van der Waals surface area (Å²) in [6.45, 7) is 4.67. The van der Waals surface area contributed by atoms with Crippen molar-refractivity contribution in [2.24, 2.45) is 0 Å². The number of phosphoric acid groups is 1. The Bertz CT molecular complexity index is 445. The molecule has 5 N–H and O–H groups in total. The first-order valence-electron chi connectivity index (χ1n) is 12.7. The van der Waals surface area contributed by atoms with Gasteiger partial charge in [-0.25, -0.2) is 14.6 Å². The molecule has 0 radical (unpaired) electrons. The number of hydrogen-bond acceptors (Lipinski definition) is 6. The Morgan fingerprint density at radius 3 is 1.33 bits per heavy atom. The molecule has 0 rings (SSSR count). The topological polar surface area (TPSA) is 130 Å². The van der Waals surface area contributed by atoms with Crippen LogP contribution in [0.5, 0.6) is 0 Å². The second-order valence-corrected chi connectivity index (χ2v) is 9.72. The Hall–Kier alpha value is 0.500. The molecule has 0 spiro atoms. The smallest absolute Gasteiger partial charge is 0.477 e. The van der Waals surface area contributed by atoms with Crippen LogP contribution in [0.3, 0.4) is 0 Å². The molecule has 0 amide bonds. The summed E-state index contributed by atoms with van der Waals surface area (Å²) in [7, 11) is -3.75. The molecule has 8 nitrogen and oxygen atoms in total. The Balaban J connectivity index is -0.00000134. The van der Waals surface area contributed by atoms with Gasteiger partial charge in [0.2, 0.25) is 0 Å². The van der Waals surface area contributed by atoms with E-state index in [0.29, 0.717) is 13.0 Å². The Morgan fingerprint density at radius 2 is 1.03 bits per heavy atom. The Kier molecular flexibility index (Phi) is 35.2. The number of quaternary nitrogens is 1. The molecule has 0 aromatic heterocycles. The second-order valence-electron chi connectivity index (χ2n) is 8.14. The van der Waals surface area contributed by atoms with E-state index in [1.165, 1.54) is 89.9 Å². The van der Waals surface area contributed by atoms with E-state index in [-0.39, 0.29) is 42.7 Å². The van der Waals surface area contributed by atoms with E-state index in [1.54, 1.807) is 0 Å². The summed E-state index contributed by atoms with van der Waals surface area (Å²) in [6.07, 6.45) is 21.6. The Labute approximate surface area is 224 Å². The van der Waals surface area contributed by atoms with Crippen molar-refractivity contribution in [3.63, 3.8) is 0 Å². The van der Waals surface area contributed by atoms with E-state index in [9.17, 15) is 9.36 Å². The number of carbonyl (C=O) groups is 1. The molecule has 0 fully saturated rings. The summed E-state index contributed by atoms with van der Waals surface area (Å²) in [4.78, 5) is 9.31. The van der Waals surface area contributed by atoms with Crippen molar-refractivity contribution in [1.82, 2.24) is 0 Å². The molecule has 0 aliphatic heterocycles. The van der Waals surface area contributed by atoms with Crippen LogP contribution in [0.1, 0.15) is 123 Å². The minimum atomic E-state index is -3.75. The molecule has 33 heavy (non-hydrogen) atoms. The predicted molar refractivity (Wildman–Crippen MR) is 128 cm³/mol. The van der Waals surface area contributed by atoms with Crippen molar-refractivity contribution in [1.29, 1.82) is 0 Å². The summed E-state index contributed by atoms with van der Waals surface area (Å²) < 4.78 is 25.6. The fraction of sp³-hybridized carbons (Fsp3) is 0.957. The molecule has 194 valence electrons. The molecule has 1 unspecified atom stereocenters. The predicted octanol–water partition coefficient (Wildman–Crippen LogP) is 3.61. The van der Waals surface area contributed by atoms with Gasteiger partial charge in [0.15, 0.2) is 6.54 Å².